The number of nitrogens with one attached hydrogen (secondary N) is 3. The number of hydrogen-bond acceptors (Lipinski definition) is 7. The maximum absolute atomic E-state index is 12.5. The third-order valence-corrected chi connectivity index (χ3v) is 5.63. The van der Waals surface area contributed by atoms with Crippen molar-refractivity contribution in [2.45, 2.75) is 6.04 Å². The Morgan fingerprint density at radius 1 is 1.36 bits per heavy atom. The molecule has 0 spiro atoms. The summed E-state index contributed by atoms with van der Waals surface area (Å²) in [6, 6.07) is 6.97. The molecule has 10 heteroatoms. The Bertz CT molecular complexity index is 1130. The quantitative estimate of drug-likeness (QED) is 0.510. The summed E-state index contributed by atoms with van der Waals surface area (Å²) in [5.41, 5.74) is 1.04. The summed E-state index contributed by atoms with van der Waals surface area (Å²) in [7, 11) is 1.76. The highest BCUT2D eigenvalue weighted by atomic mass is 32.1. The Balaban J connectivity index is 1.45. The van der Waals surface area contributed by atoms with Gasteiger partial charge in [0.1, 0.15) is 10.4 Å². The maximum atomic E-state index is 12.5. The molecule has 3 heterocycles. The summed E-state index contributed by atoms with van der Waals surface area (Å²) in [6.07, 6.45) is 1.32. The number of fused-ring (bicyclic) bond motifs is 1. The second kappa shape index (κ2) is 6.97. The van der Waals surface area contributed by atoms with E-state index in [1.54, 1.807) is 13.1 Å². The van der Waals surface area contributed by atoms with Crippen LogP contribution >= 0.6 is 11.3 Å². The van der Waals surface area contributed by atoms with Gasteiger partial charge in [-0.05, 0) is 12.1 Å². The predicted octanol–water partition coefficient (Wildman–Crippen LogP) is 1.34. The lowest BCUT2D eigenvalue weighted by Crippen LogP contribution is -2.59. The highest BCUT2D eigenvalue weighted by Crippen LogP contribution is 2.26. The van der Waals surface area contributed by atoms with Gasteiger partial charge in [0.2, 0.25) is 0 Å². The first-order valence-electron chi connectivity index (χ1n) is 8.55. The standard InChI is InChI=1S/C18H17N5O4S/c1-19-12-4-2-3-9-5-11(16(25)22-14(9)12)15(24)21-10-7-23(8-10)18-20-6-13(28-18)17(26)27/h2-6,10,19H,7-8H2,1H3,(H,21,24)(H,22,25)(H,26,27). The van der Waals surface area contributed by atoms with Crippen LogP contribution in [0, 0.1) is 0 Å². The van der Waals surface area contributed by atoms with E-state index in [9.17, 15) is 14.4 Å². The molecule has 0 bridgehead atoms. The number of aromatic carboxylic acids is 1. The van der Waals surface area contributed by atoms with Crippen molar-refractivity contribution >= 4 is 44.9 Å². The molecule has 3 aromatic rings. The zero-order chi connectivity index (χ0) is 19.8. The number of carbonyl (C=O) groups excluding carboxylic acids is 1. The fraction of sp³-hybridized carbons (Fsp3) is 0.222. The third kappa shape index (κ3) is 3.18. The van der Waals surface area contributed by atoms with Gasteiger partial charge in [0.15, 0.2) is 5.13 Å². The van der Waals surface area contributed by atoms with Gasteiger partial charge in [0.25, 0.3) is 11.5 Å². The van der Waals surface area contributed by atoms with Crippen LogP contribution in [0.25, 0.3) is 10.9 Å². The van der Waals surface area contributed by atoms with E-state index in [-0.39, 0.29) is 16.5 Å². The molecule has 144 valence electrons. The van der Waals surface area contributed by atoms with E-state index in [2.05, 4.69) is 20.6 Å². The number of amides is 1. The molecule has 0 atom stereocenters. The van der Waals surface area contributed by atoms with Gasteiger partial charge >= 0.3 is 5.97 Å². The van der Waals surface area contributed by atoms with Gasteiger partial charge in [-0.3, -0.25) is 9.59 Å². The lowest BCUT2D eigenvalue weighted by molar-refractivity contribution is 0.0701. The fourth-order valence-electron chi connectivity index (χ4n) is 3.11. The normalized spacial score (nSPS) is 14.0. The second-order valence-corrected chi connectivity index (χ2v) is 7.43. The van der Waals surface area contributed by atoms with Gasteiger partial charge in [-0.2, -0.15) is 0 Å². The van der Waals surface area contributed by atoms with E-state index < -0.39 is 17.4 Å². The number of carbonyl (C=O) groups is 2. The number of rotatable bonds is 5. The smallest absolute Gasteiger partial charge is 0.347 e. The molecule has 1 saturated heterocycles. The minimum atomic E-state index is -1.01. The van der Waals surface area contributed by atoms with Crippen LogP contribution in [0.4, 0.5) is 10.8 Å². The first-order valence-corrected chi connectivity index (χ1v) is 9.36. The number of aromatic nitrogens is 2. The van der Waals surface area contributed by atoms with Crippen molar-refractivity contribution in [3.8, 4) is 0 Å². The fourth-order valence-corrected chi connectivity index (χ4v) is 3.88. The Morgan fingerprint density at radius 2 is 2.14 bits per heavy atom. The Kier molecular flexibility index (Phi) is 4.47. The van der Waals surface area contributed by atoms with Crippen LogP contribution in [0.3, 0.4) is 0 Å². The number of benzene rings is 1. The van der Waals surface area contributed by atoms with E-state index in [4.69, 9.17) is 5.11 Å². The summed E-state index contributed by atoms with van der Waals surface area (Å²) in [4.78, 5) is 44.7. The SMILES string of the molecule is CNc1cccc2cc(C(=O)NC3CN(c4ncc(C(=O)O)s4)C3)c(=O)[nH]c12. The number of aromatic amines is 1. The largest absolute Gasteiger partial charge is 0.477 e. The second-order valence-electron chi connectivity index (χ2n) is 6.42. The molecule has 1 aromatic carbocycles. The molecule has 0 radical (unpaired) electrons. The predicted molar refractivity (Wildman–Crippen MR) is 107 cm³/mol. The van der Waals surface area contributed by atoms with E-state index in [0.29, 0.717) is 23.7 Å². The van der Waals surface area contributed by atoms with Gasteiger partial charge in [-0.15, -0.1) is 0 Å². The number of carboxylic acid groups (broad SMARTS) is 1. The lowest BCUT2D eigenvalue weighted by Gasteiger charge is -2.39. The van der Waals surface area contributed by atoms with Crippen molar-refractivity contribution in [2.24, 2.45) is 0 Å². The van der Waals surface area contributed by atoms with Crippen LogP contribution in [0.5, 0.6) is 0 Å². The van der Waals surface area contributed by atoms with E-state index >= 15 is 0 Å². The lowest BCUT2D eigenvalue weighted by atomic mass is 10.1. The Hall–Kier alpha value is -3.40. The van der Waals surface area contributed by atoms with Gasteiger partial charge < -0.3 is 25.6 Å². The van der Waals surface area contributed by atoms with Crippen LogP contribution in [0.1, 0.15) is 20.0 Å². The molecule has 0 aliphatic carbocycles. The first kappa shape index (κ1) is 18.0. The van der Waals surface area contributed by atoms with Crippen LogP contribution in [0.15, 0.2) is 35.3 Å². The third-order valence-electron chi connectivity index (χ3n) is 4.59. The molecular weight excluding hydrogens is 382 g/mol. The molecule has 4 N–H and O–H groups in total. The number of para-hydroxylation sites is 1. The van der Waals surface area contributed by atoms with Gasteiger partial charge in [0.05, 0.1) is 23.4 Å². The molecule has 9 nitrogen and oxygen atoms in total. The molecule has 0 unspecified atom stereocenters. The molecule has 2 aromatic heterocycles. The number of hydrogen-bond donors (Lipinski definition) is 4. The average molecular weight is 399 g/mol. The van der Waals surface area contributed by atoms with E-state index in [1.807, 2.05) is 23.1 Å². The summed E-state index contributed by atoms with van der Waals surface area (Å²) in [5, 5.41) is 16.2. The summed E-state index contributed by atoms with van der Waals surface area (Å²) < 4.78 is 0. The average Bonchev–Trinajstić information content (AvgIpc) is 3.13. The number of pyridine rings is 1. The highest BCUT2D eigenvalue weighted by Gasteiger charge is 2.31. The first-order chi connectivity index (χ1) is 13.5. The van der Waals surface area contributed by atoms with Crippen molar-refractivity contribution in [1.82, 2.24) is 15.3 Å². The molecular formula is C18H17N5O4S. The Morgan fingerprint density at radius 3 is 2.82 bits per heavy atom. The van der Waals surface area contributed by atoms with Crippen molar-refractivity contribution in [3.05, 3.63) is 51.3 Å². The van der Waals surface area contributed by atoms with Crippen LogP contribution in [-0.2, 0) is 0 Å². The summed E-state index contributed by atoms with van der Waals surface area (Å²) in [6.45, 7) is 1.02. The number of anilines is 2. The van der Waals surface area contributed by atoms with E-state index in [1.165, 1.54) is 6.20 Å². The zero-order valence-electron chi connectivity index (χ0n) is 14.9. The number of thiazole rings is 1. The number of H-pyrrole nitrogens is 1. The van der Waals surface area contributed by atoms with Crippen LogP contribution < -0.4 is 21.1 Å². The number of carboxylic acids is 1. The minimum Gasteiger partial charge on any atom is -0.477 e. The molecule has 1 aliphatic rings. The van der Waals surface area contributed by atoms with Crippen molar-refractivity contribution in [3.63, 3.8) is 0 Å². The monoisotopic (exact) mass is 399 g/mol. The van der Waals surface area contributed by atoms with Crippen molar-refractivity contribution in [2.75, 3.05) is 30.4 Å². The molecule has 1 aliphatic heterocycles. The van der Waals surface area contributed by atoms with Gasteiger partial charge in [-0.1, -0.05) is 23.5 Å². The summed E-state index contributed by atoms with van der Waals surface area (Å²) >= 11 is 1.09. The van der Waals surface area contributed by atoms with Crippen molar-refractivity contribution in [1.29, 1.82) is 0 Å². The Labute approximate surface area is 163 Å². The molecule has 0 saturated carbocycles. The van der Waals surface area contributed by atoms with E-state index in [0.717, 1.165) is 22.4 Å². The summed E-state index contributed by atoms with van der Waals surface area (Å²) in [5.74, 6) is -1.45. The highest BCUT2D eigenvalue weighted by molar-refractivity contribution is 7.17. The molecule has 28 heavy (non-hydrogen) atoms. The van der Waals surface area contributed by atoms with Crippen LogP contribution in [-0.4, -0.2) is 53.1 Å². The maximum Gasteiger partial charge on any atom is 0.347 e. The molecule has 1 amide bonds. The van der Waals surface area contributed by atoms with Crippen molar-refractivity contribution < 1.29 is 14.7 Å². The molecule has 1 fully saturated rings. The topological polar surface area (TPSA) is 127 Å². The van der Waals surface area contributed by atoms with Gasteiger partial charge in [-0.25, -0.2) is 9.78 Å². The van der Waals surface area contributed by atoms with Crippen LogP contribution in [0.2, 0.25) is 0 Å². The minimum absolute atomic E-state index is 0.0571. The molecule has 4 rings (SSSR count). The number of nitrogens with zero attached hydrogens (tertiary/aromatic N) is 2. The zero-order valence-corrected chi connectivity index (χ0v) is 15.7. The van der Waals surface area contributed by atoms with Gasteiger partial charge in [0, 0.05) is 25.5 Å².